The molecule has 2 aliphatic heterocycles. The molecule has 1 amide bonds. The van der Waals surface area contributed by atoms with Gasteiger partial charge in [-0.1, -0.05) is 24.3 Å². The zero-order valence-electron chi connectivity index (χ0n) is 20.1. The third kappa shape index (κ3) is 6.33. The van der Waals surface area contributed by atoms with E-state index in [2.05, 4.69) is 53.6 Å². The molecule has 0 aromatic heterocycles. The van der Waals surface area contributed by atoms with Gasteiger partial charge in [-0.05, 0) is 69.0 Å². The van der Waals surface area contributed by atoms with Crippen LogP contribution in [-0.4, -0.2) is 60.0 Å². The number of amides is 1. The topological polar surface area (TPSA) is 47.6 Å². The minimum absolute atomic E-state index is 0.139. The van der Waals surface area contributed by atoms with Crippen LogP contribution in [0.15, 0.2) is 48.5 Å². The van der Waals surface area contributed by atoms with Crippen molar-refractivity contribution in [1.82, 2.24) is 15.1 Å². The Morgan fingerprint density at radius 1 is 1.03 bits per heavy atom. The molecule has 2 aliphatic rings. The number of carbonyl (C=O) groups is 1. The van der Waals surface area contributed by atoms with Crippen LogP contribution in [0.1, 0.15) is 50.7 Å². The molecule has 2 saturated heterocycles. The molecule has 0 spiro atoms. The van der Waals surface area contributed by atoms with Crippen LogP contribution in [0.5, 0.6) is 0 Å². The molecule has 0 radical (unpaired) electrons. The Morgan fingerprint density at radius 3 is 2.24 bits per heavy atom. The number of rotatable bonds is 6. The van der Waals surface area contributed by atoms with E-state index in [1.807, 2.05) is 11.8 Å². The van der Waals surface area contributed by atoms with Crippen molar-refractivity contribution >= 4 is 11.6 Å². The number of hydrogen-bond acceptors (Lipinski definition) is 4. The second-order valence-corrected chi connectivity index (χ2v) is 9.88. The SMILES string of the molecule is CC1CN(Cc2ccc(C(C)C(=O)N3CCC(Nc4ccc(F)cc4)CC3)cc2)CC(C)N1. The van der Waals surface area contributed by atoms with Crippen molar-refractivity contribution in [2.24, 2.45) is 0 Å². The molecule has 2 aromatic carbocycles. The van der Waals surface area contributed by atoms with E-state index in [1.165, 1.54) is 17.7 Å². The Hall–Kier alpha value is -2.44. The Morgan fingerprint density at radius 2 is 1.64 bits per heavy atom. The number of halogens is 1. The molecule has 5 nitrogen and oxygen atoms in total. The molecule has 0 aliphatic carbocycles. The Labute approximate surface area is 197 Å². The lowest BCUT2D eigenvalue weighted by Crippen LogP contribution is -2.53. The zero-order chi connectivity index (χ0) is 23.4. The van der Waals surface area contributed by atoms with Gasteiger partial charge in [-0.2, -0.15) is 0 Å². The van der Waals surface area contributed by atoms with Crippen LogP contribution in [0.25, 0.3) is 0 Å². The summed E-state index contributed by atoms with van der Waals surface area (Å²) in [5.74, 6) is -0.163. The summed E-state index contributed by atoms with van der Waals surface area (Å²) < 4.78 is 13.1. The van der Waals surface area contributed by atoms with Gasteiger partial charge in [0, 0.05) is 56.5 Å². The minimum Gasteiger partial charge on any atom is -0.382 e. The van der Waals surface area contributed by atoms with E-state index in [1.54, 1.807) is 12.1 Å². The second-order valence-electron chi connectivity index (χ2n) is 9.88. The van der Waals surface area contributed by atoms with Crippen molar-refractivity contribution in [2.75, 3.05) is 31.5 Å². The van der Waals surface area contributed by atoms with Gasteiger partial charge >= 0.3 is 0 Å². The lowest BCUT2D eigenvalue weighted by molar-refractivity contribution is -0.133. The molecule has 6 heteroatoms. The fraction of sp³-hybridized carbons (Fsp3) is 0.519. The summed E-state index contributed by atoms with van der Waals surface area (Å²) in [6.07, 6.45) is 1.80. The molecule has 3 unspecified atom stereocenters. The Balaban J connectivity index is 1.27. The van der Waals surface area contributed by atoms with Gasteiger partial charge in [-0.25, -0.2) is 4.39 Å². The number of anilines is 1. The summed E-state index contributed by atoms with van der Waals surface area (Å²) in [7, 11) is 0. The fourth-order valence-corrected chi connectivity index (χ4v) is 5.18. The average molecular weight is 453 g/mol. The van der Waals surface area contributed by atoms with Gasteiger partial charge in [0.2, 0.25) is 5.91 Å². The van der Waals surface area contributed by atoms with Gasteiger partial charge in [0.25, 0.3) is 0 Å². The number of benzene rings is 2. The van der Waals surface area contributed by atoms with E-state index < -0.39 is 0 Å². The van der Waals surface area contributed by atoms with Crippen LogP contribution in [0.4, 0.5) is 10.1 Å². The first-order valence-corrected chi connectivity index (χ1v) is 12.3. The molecule has 4 rings (SSSR count). The van der Waals surface area contributed by atoms with E-state index in [0.717, 1.165) is 56.8 Å². The summed E-state index contributed by atoms with van der Waals surface area (Å²) in [5, 5.41) is 7.04. The third-order valence-electron chi connectivity index (χ3n) is 6.91. The van der Waals surface area contributed by atoms with Gasteiger partial charge in [0.15, 0.2) is 0 Å². The smallest absolute Gasteiger partial charge is 0.229 e. The molecule has 33 heavy (non-hydrogen) atoms. The van der Waals surface area contributed by atoms with E-state index in [9.17, 15) is 9.18 Å². The van der Waals surface area contributed by atoms with Crippen molar-refractivity contribution in [1.29, 1.82) is 0 Å². The molecule has 2 heterocycles. The lowest BCUT2D eigenvalue weighted by atomic mass is 9.96. The van der Waals surface area contributed by atoms with Gasteiger partial charge < -0.3 is 15.5 Å². The van der Waals surface area contributed by atoms with Crippen LogP contribution in [0.2, 0.25) is 0 Å². The highest BCUT2D eigenvalue weighted by Crippen LogP contribution is 2.23. The first kappa shape index (κ1) is 23.7. The maximum absolute atomic E-state index is 13.1. The summed E-state index contributed by atoms with van der Waals surface area (Å²) in [4.78, 5) is 17.6. The van der Waals surface area contributed by atoms with E-state index >= 15 is 0 Å². The molecule has 178 valence electrons. The van der Waals surface area contributed by atoms with E-state index in [4.69, 9.17) is 0 Å². The molecular weight excluding hydrogens is 415 g/mol. The van der Waals surface area contributed by atoms with Crippen molar-refractivity contribution in [3.8, 4) is 0 Å². The largest absolute Gasteiger partial charge is 0.382 e. The van der Waals surface area contributed by atoms with Gasteiger partial charge in [0.05, 0.1) is 5.92 Å². The second kappa shape index (κ2) is 10.7. The highest BCUT2D eigenvalue weighted by atomic mass is 19.1. The highest BCUT2D eigenvalue weighted by molar-refractivity contribution is 5.83. The first-order valence-electron chi connectivity index (χ1n) is 12.3. The molecule has 0 bridgehead atoms. The summed E-state index contributed by atoms with van der Waals surface area (Å²) in [6.45, 7) is 11.1. The van der Waals surface area contributed by atoms with E-state index in [0.29, 0.717) is 18.1 Å². The summed E-state index contributed by atoms with van der Waals surface area (Å²) in [6, 6.07) is 16.4. The molecule has 3 atom stereocenters. The molecule has 2 aromatic rings. The predicted octanol–water partition coefficient (Wildman–Crippen LogP) is 4.21. The average Bonchev–Trinajstić information content (AvgIpc) is 2.80. The normalized spacial score (nSPS) is 23.3. The Kier molecular flexibility index (Phi) is 7.66. The van der Waals surface area contributed by atoms with E-state index in [-0.39, 0.29) is 17.6 Å². The number of carbonyl (C=O) groups excluding carboxylic acids is 1. The maximum Gasteiger partial charge on any atom is 0.229 e. The molecule has 0 saturated carbocycles. The number of nitrogens with zero attached hydrogens (tertiary/aromatic N) is 2. The predicted molar refractivity (Wildman–Crippen MR) is 132 cm³/mol. The molecular formula is C27H37FN4O. The van der Waals surface area contributed by atoms with Crippen molar-refractivity contribution < 1.29 is 9.18 Å². The minimum atomic E-state index is -0.226. The maximum atomic E-state index is 13.1. The van der Waals surface area contributed by atoms with Crippen molar-refractivity contribution in [3.63, 3.8) is 0 Å². The molecule has 2 N–H and O–H groups in total. The van der Waals surface area contributed by atoms with Crippen LogP contribution in [0.3, 0.4) is 0 Å². The quantitative estimate of drug-likeness (QED) is 0.689. The van der Waals surface area contributed by atoms with Crippen molar-refractivity contribution in [3.05, 3.63) is 65.5 Å². The van der Waals surface area contributed by atoms with Gasteiger partial charge in [-0.15, -0.1) is 0 Å². The third-order valence-corrected chi connectivity index (χ3v) is 6.91. The summed E-state index contributed by atoms with van der Waals surface area (Å²) >= 11 is 0. The lowest BCUT2D eigenvalue weighted by Gasteiger charge is -2.36. The van der Waals surface area contributed by atoms with Crippen LogP contribution < -0.4 is 10.6 Å². The monoisotopic (exact) mass is 452 g/mol. The molecule has 2 fully saturated rings. The zero-order valence-corrected chi connectivity index (χ0v) is 20.1. The van der Waals surface area contributed by atoms with Crippen LogP contribution >= 0.6 is 0 Å². The number of piperidine rings is 1. The fourth-order valence-electron chi connectivity index (χ4n) is 5.18. The number of piperazine rings is 1. The van der Waals surface area contributed by atoms with Crippen LogP contribution in [0, 0.1) is 5.82 Å². The van der Waals surface area contributed by atoms with Gasteiger partial charge in [-0.3, -0.25) is 9.69 Å². The Bertz CT molecular complexity index is 899. The number of nitrogens with one attached hydrogen (secondary N) is 2. The highest BCUT2D eigenvalue weighted by Gasteiger charge is 2.27. The first-order chi connectivity index (χ1) is 15.9. The number of likely N-dealkylation sites (tertiary alicyclic amines) is 1. The summed E-state index contributed by atoms with van der Waals surface area (Å²) in [5.41, 5.74) is 3.31. The number of hydrogen-bond donors (Lipinski definition) is 2. The van der Waals surface area contributed by atoms with Crippen molar-refractivity contribution in [2.45, 2.75) is 64.2 Å². The van der Waals surface area contributed by atoms with Crippen LogP contribution in [-0.2, 0) is 11.3 Å². The standard InChI is InChI=1S/C27H37FN4O/c1-19-16-31(17-20(2)29-19)18-22-4-6-23(7-5-22)21(3)27(33)32-14-12-26(13-15-32)30-25-10-8-24(28)9-11-25/h4-11,19-21,26,29-30H,12-18H2,1-3H3. The van der Waals surface area contributed by atoms with Gasteiger partial charge in [0.1, 0.15) is 5.82 Å².